The summed E-state index contributed by atoms with van der Waals surface area (Å²) in [7, 11) is -4.06. The van der Waals surface area contributed by atoms with Crippen molar-refractivity contribution in [3.63, 3.8) is 0 Å². The molecule has 0 saturated heterocycles. The minimum absolute atomic E-state index is 0.0326. The number of benzene rings is 3. The van der Waals surface area contributed by atoms with Crippen LogP contribution in [0, 0.1) is 0 Å². The highest BCUT2D eigenvalue weighted by Gasteiger charge is 2.27. The van der Waals surface area contributed by atoms with Crippen LogP contribution in [-0.2, 0) is 14.8 Å². The van der Waals surface area contributed by atoms with E-state index in [9.17, 15) is 13.2 Å². The van der Waals surface area contributed by atoms with Crippen molar-refractivity contribution >= 4 is 62.6 Å². The average Bonchev–Trinajstić information content (AvgIpc) is 3.31. The number of carbonyl (C=O) groups is 1. The van der Waals surface area contributed by atoms with E-state index >= 15 is 0 Å². The summed E-state index contributed by atoms with van der Waals surface area (Å²) in [4.78, 5) is 12.7. The van der Waals surface area contributed by atoms with E-state index in [2.05, 4.69) is 10.5 Å². The lowest BCUT2D eigenvalue weighted by molar-refractivity contribution is -0.119. The average molecular weight is 563 g/mol. The predicted molar refractivity (Wildman–Crippen MR) is 142 cm³/mol. The Morgan fingerprint density at radius 2 is 1.67 bits per heavy atom. The van der Waals surface area contributed by atoms with E-state index in [4.69, 9.17) is 39.2 Å². The summed E-state index contributed by atoms with van der Waals surface area (Å²) in [6.07, 6.45) is 1.29. The summed E-state index contributed by atoms with van der Waals surface area (Å²) in [6, 6.07) is 22.4. The number of furan rings is 1. The molecule has 4 aromatic rings. The van der Waals surface area contributed by atoms with E-state index in [0.717, 1.165) is 4.31 Å². The van der Waals surface area contributed by atoms with Gasteiger partial charge < -0.3 is 4.42 Å². The molecule has 4 rings (SSSR count). The van der Waals surface area contributed by atoms with Crippen LogP contribution in [0.5, 0.6) is 0 Å². The van der Waals surface area contributed by atoms with Gasteiger partial charge in [0, 0.05) is 15.6 Å². The van der Waals surface area contributed by atoms with Crippen molar-refractivity contribution in [1.82, 2.24) is 5.43 Å². The second-order valence-electron chi connectivity index (χ2n) is 7.42. The van der Waals surface area contributed by atoms with Gasteiger partial charge in [-0.05, 0) is 60.7 Å². The minimum Gasteiger partial charge on any atom is -0.455 e. The van der Waals surface area contributed by atoms with Crippen LogP contribution in [0.1, 0.15) is 5.76 Å². The van der Waals surface area contributed by atoms with Crippen molar-refractivity contribution < 1.29 is 17.6 Å². The van der Waals surface area contributed by atoms with Gasteiger partial charge in [0.25, 0.3) is 15.9 Å². The minimum atomic E-state index is -4.06. The third-order valence-electron chi connectivity index (χ3n) is 4.92. The Kier molecular flexibility index (Phi) is 8.01. The molecule has 7 nitrogen and oxygen atoms in total. The molecule has 3 aromatic carbocycles. The lowest BCUT2D eigenvalue weighted by Crippen LogP contribution is -2.39. The summed E-state index contributed by atoms with van der Waals surface area (Å²) < 4.78 is 33.2. The van der Waals surface area contributed by atoms with E-state index < -0.39 is 22.5 Å². The zero-order valence-electron chi connectivity index (χ0n) is 18.4. The van der Waals surface area contributed by atoms with Gasteiger partial charge in [0.15, 0.2) is 0 Å². The van der Waals surface area contributed by atoms with Crippen LogP contribution in [0.3, 0.4) is 0 Å². The number of hydrogen-bond acceptors (Lipinski definition) is 5. The first-order valence-electron chi connectivity index (χ1n) is 10.4. The van der Waals surface area contributed by atoms with Crippen LogP contribution in [0.4, 0.5) is 5.69 Å². The zero-order valence-corrected chi connectivity index (χ0v) is 21.5. The Bertz CT molecular complexity index is 1520. The molecule has 1 aromatic heterocycles. The van der Waals surface area contributed by atoms with Crippen LogP contribution in [-0.4, -0.2) is 27.1 Å². The summed E-state index contributed by atoms with van der Waals surface area (Å²) in [5.74, 6) is 0.170. The van der Waals surface area contributed by atoms with Crippen LogP contribution in [0.15, 0.2) is 99.3 Å². The zero-order chi connectivity index (χ0) is 25.7. The molecule has 0 unspecified atom stereocenters. The maximum Gasteiger partial charge on any atom is 0.264 e. The van der Waals surface area contributed by atoms with Gasteiger partial charge in [-0.3, -0.25) is 9.10 Å². The van der Waals surface area contributed by atoms with Crippen molar-refractivity contribution in [2.24, 2.45) is 5.10 Å². The van der Waals surface area contributed by atoms with E-state index in [-0.39, 0.29) is 10.6 Å². The predicted octanol–water partition coefficient (Wildman–Crippen LogP) is 6.25. The van der Waals surface area contributed by atoms with Crippen LogP contribution in [0.2, 0.25) is 15.1 Å². The lowest BCUT2D eigenvalue weighted by Gasteiger charge is -2.23. The molecule has 184 valence electrons. The molecule has 0 saturated carbocycles. The van der Waals surface area contributed by atoms with E-state index in [0.29, 0.717) is 32.2 Å². The fourth-order valence-electron chi connectivity index (χ4n) is 3.26. The third kappa shape index (κ3) is 6.09. The molecule has 0 spiro atoms. The molecule has 11 heteroatoms. The number of halogens is 3. The van der Waals surface area contributed by atoms with Gasteiger partial charge >= 0.3 is 0 Å². The maximum absolute atomic E-state index is 13.3. The Morgan fingerprint density at radius 3 is 2.39 bits per heavy atom. The Morgan fingerprint density at radius 1 is 0.917 bits per heavy atom. The summed E-state index contributed by atoms with van der Waals surface area (Å²) in [5, 5.41) is 5.14. The van der Waals surface area contributed by atoms with E-state index in [1.807, 2.05) is 0 Å². The lowest BCUT2D eigenvalue weighted by atomic mass is 10.2. The second-order valence-corrected chi connectivity index (χ2v) is 10.6. The molecule has 0 aliphatic rings. The largest absolute Gasteiger partial charge is 0.455 e. The molecule has 0 bridgehead atoms. The normalized spacial score (nSPS) is 11.5. The molecular weight excluding hydrogens is 545 g/mol. The molecule has 0 aliphatic carbocycles. The Hall–Kier alpha value is -3.30. The highest BCUT2D eigenvalue weighted by atomic mass is 35.5. The standard InChI is InChI=1S/C25H18Cl3N3O4S/c26-17-5-4-6-19(13-17)31(36(33,34)21-7-2-1-3-8-21)16-25(32)30-29-15-20-10-12-24(35-20)22-11-9-18(27)14-23(22)28/h1-15H,16H2,(H,30,32)/b29-15-. The van der Waals surface area contributed by atoms with Crippen LogP contribution >= 0.6 is 34.8 Å². The van der Waals surface area contributed by atoms with Gasteiger partial charge in [-0.25, -0.2) is 13.8 Å². The van der Waals surface area contributed by atoms with Gasteiger partial charge in [0.1, 0.15) is 18.1 Å². The smallest absolute Gasteiger partial charge is 0.264 e. The number of hydrazone groups is 1. The fraction of sp³-hybridized carbons (Fsp3) is 0.0400. The molecular formula is C25H18Cl3N3O4S. The van der Waals surface area contributed by atoms with Gasteiger partial charge in [0.2, 0.25) is 0 Å². The van der Waals surface area contributed by atoms with Crippen LogP contribution in [0.25, 0.3) is 11.3 Å². The first-order chi connectivity index (χ1) is 17.2. The SMILES string of the molecule is O=C(CN(c1cccc(Cl)c1)S(=O)(=O)c1ccccc1)N/N=C\c1ccc(-c2ccc(Cl)cc2Cl)o1. The van der Waals surface area contributed by atoms with Crippen LogP contribution < -0.4 is 9.73 Å². The van der Waals surface area contributed by atoms with Crippen molar-refractivity contribution in [3.8, 4) is 11.3 Å². The number of sulfonamides is 1. The first-order valence-corrected chi connectivity index (χ1v) is 13.0. The van der Waals surface area contributed by atoms with Crippen molar-refractivity contribution in [3.05, 3.63) is 106 Å². The van der Waals surface area contributed by atoms with Gasteiger partial charge in [-0.1, -0.05) is 59.1 Å². The highest BCUT2D eigenvalue weighted by molar-refractivity contribution is 7.92. The van der Waals surface area contributed by atoms with Gasteiger partial charge in [-0.15, -0.1) is 0 Å². The summed E-state index contributed by atoms with van der Waals surface area (Å²) in [5.41, 5.74) is 3.21. The maximum atomic E-state index is 13.3. The third-order valence-corrected chi connectivity index (χ3v) is 7.49. The molecule has 36 heavy (non-hydrogen) atoms. The number of hydrogen-bond donors (Lipinski definition) is 1. The number of anilines is 1. The molecule has 1 amide bonds. The number of nitrogens with one attached hydrogen (secondary N) is 1. The second kappa shape index (κ2) is 11.2. The molecule has 1 N–H and O–H groups in total. The molecule has 0 radical (unpaired) electrons. The van der Waals surface area contributed by atoms with E-state index in [1.54, 1.807) is 66.7 Å². The van der Waals surface area contributed by atoms with E-state index in [1.165, 1.54) is 24.4 Å². The molecule has 1 heterocycles. The summed E-state index contributed by atoms with van der Waals surface area (Å²) in [6.45, 7) is -0.529. The monoisotopic (exact) mass is 561 g/mol. The molecule has 0 atom stereocenters. The Balaban J connectivity index is 1.50. The molecule has 0 fully saturated rings. The van der Waals surface area contributed by atoms with Gasteiger partial charge in [0.05, 0.1) is 21.8 Å². The van der Waals surface area contributed by atoms with Gasteiger partial charge in [-0.2, -0.15) is 5.10 Å². The Labute approximate surface area is 222 Å². The van der Waals surface area contributed by atoms with Crippen molar-refractivity contribution in [1.29, 1.82) is 0 Å². The molecule has 0 aliphatic heterocycles. The van der Waals surface area contributed by atoms with Crippen molar-refractivity contribution in [2.45, 2.75) is 4.90 Å². The number of amides is 1. The fourth-order valence-corrected chi connectivity index (χ4v) is 5.38. The highest BCUT2D eigenvalue weighted by Crippen LogP contribution is 2.31. The number of nitrogens with zero attached hydrogens (tertiary/aromatic N) is 2. The van der Waals surface area contributed by atoms with Crippen molar-refractivity contribution in [2.75, 3.05) is 10.8 Å². The quantitative estimate of drug-likeness (QED) is 0.203. The summed E-state index contributed by atoms with van der Waals surface area (Å²) >= 11 is 18.2. The first kappa shape index (κ1) is 25.8. The number of carbonyl (C=O) groups excluding carboxylic acids is 1. The topological polar surface area (TPSA) is 92.0 Å². The number of rotatable bonds is 8.